The summed E-state index contributed by atoms with van der Waals surface area (Å²) in [5.41, 5.74) is 0.150. The Hall–Kier alpha value is -2.62. The molecular weight excluding hydrogens is 358 g/mol. The lowest BCUT2D eigenvalue weighted by atomic mass is 10.2. The number of benzene rings is 1. The maximum atomic E-state index is 12.3. The number of nitrogens with one attached hydrogen (secondary N) is 1. The van der Waals surface area contributed by atoms with Crippen LogP contribution in [0.25, 0.3) is 0 Å². The molecule has 1 N–H and O–H groups in total. The van der Waals surface area contributed by atoms with Crippen molar-refractivity contribution in [2.24, 2.45) is 0 Å². The largest absolute Gasteiger partial charge is 0.495 e. The van der Waals surface area contributed by atoms with E-state index in [1.54, 1.807) is 0 Å². The Balaban J connectivity index is 1.66. The van der Waals surface area contributed by atoms with Gasteiger partial charge in [0.15, 0.2) is 5.16 Å². The van der Waals surface area contributed by atoms with Crippen LogP contribution in [0.5, 0.6) is 5.75 Å². The Bertz CT molecular complexity index is 834. The Labute approximate surface area is 154 Å². The number of nitrogens with zero attached hydrogens (tertiary/aromatic N) is 4. The van der Waals surface area contributed by atoms with Crippen LogP contribution in [0.1, 0.15) is 31.5 Å². The van der Waals surface area contributed by atoms with Crippen LogP contribution >= 0.6 is 11.8 Å². The molecule has 3 rings (SSSR count). The standard InChI is InChI=1S/C16H19N5O4S/c1-3-20-15(10-4-5-10)18-19-16(20)26-9-14(22)17-12-8-11(21(23)24)6-7-13(12)25-2/h6-8,10H,3-5,9H2,1-2H3,(H,17,22). The van der Waals surface area contributed by atoms with Gasteiger partial charge in [0.05, 0.1) is 23.5 Å². The Kier molecular flexibility index (Phi) is 5.40. The maximum absolute atomic E-state index is 12.3. The first-order valence-electron chi connectivity index (χ1n) is 8.21. The van der Waals surface area contributed by atoms with Crippen LogP contribution in [0, 0.1) is 10.1 Å². The number of carbonyl (C=O) groups is 1. The average molecular weight is 377 g/mol. The second-order valence-electron chi connectivity index (χ2n) is 5.84. The smallest absolute Gasteiger partial charge is 0.271 e. The fourth-order valence-corrected chi connectivity index (χ4v) is 3.38. The zero-order chi connectivity index (χ0) is 18.7. The Morgan fingerprint density at radius 1 is 1.46 bits per heavy atom. The monoisotopic (exact) mass is 377 g/mol. The van der Waals surface area contributed by atoms with Gasteiger partial charge in [-0.2, -0.15) is 0 Å². The molecule has 1 amide bonds. The van der Waals surface area contributed by atoms with Crippen LogP contribution in [0.4, 0.5) is 11.4 Å². The van der Waals surface area contributed by atoms with Crippen LogP contribution in [-0.4, -0.2) is 38.5 Å². The lowest BCUT2D eigenvalue weighted by Gasteiger charge is -2.10. The number of anilines is 1. The van der Waals surface area contributed by atoms with Crippen molar-refractivity contribution in [3.05, 3.63) is 34.1 Å². The highest BCUT2D eigenvalue weighted by Gasteiger charge is 2.30. The van der Waals surface area contributed by atoms with Crippen LogP contribution in [0.15, 0.2) is 23.4 Å². The van der Waals surface area contributed by atoms with E-state index in [1.807, 2.05) is 11.5 Å². The quantitative estimate of drug-likeness (QED) is 0.427. The summed E-state index contributed by atoms with van der Waals surface area (Å²) in [4.78, 5) is 22.7. The molecule has 1 aromatic heterocycles. The first-order chi connectivity index (χ1) is 12.5. The second-order valence-corrected chi connectivity index (χ2v) is 6.78. The van der Waals surface area contributed by atoms with E-state index in [1.165, 1.54) is 37.1 Å². The Morgan fingerprint density at radius 3 is 2.85 bits per heavy atom. The average Bonchev–Trinajstić information content (AvgIpc) is 3.39. The number of nitro benzene ring substituents is 1. The summed E-state index contributed by atoms with van der Waals surface area (Å²) in [5.74, 6) is 1.65. The predicted octanol–water partition coefficient (Wildman–Crippen LogP) is 2.82. The summed E-state index contributed by atoms with van der Waals surface area (Å²) in [7, 11) is 1.44. The van der Waals surface area contributed by atoms with Crippen LogP contribution in [0.3, 0.4) is 0 Å². The molecule has 1 aliphatic carbocycles. The summed E-state index contributed by atoms with van der Waals surface area (Å²) in [5, 5.41) is 22.7. The fourth-order valence-electron chi connectivity index (χ4n) is 2.57. The number of hydrogen-bond acceptors (Lipinski definition) is 7. The van der Waals surface area contributed by atoms with E-state index in [0.29, 0.717) is 16.8 Å². The molecule has 9 nitrogen and oxygen atoms in total. The predicted molar refractivity (Wildman–Crippen MR) is 96.7 cm³/mol. The van der Waals surface area contributed by atoms with Crippen molar-refractivity contribution in [2.75, 3.05) is 18.2 Å². The molecule has 1 aromatic carbocycles. The second kappa shape index (κ2) is 7.73. The van der Waals surface area contributed by atoms with E-state index in [9.17, 15) is 14.9 Å². The zero-order valence-corrected chi connectivity index (χ0v) is 15.3. The lowest BCUT2D eigenvalue weighted by molar-refractivity contribution is -0.384. The number of rotatable bonds is 8. The number of nitro groups is 1. The van der Waals surface area contributed by atoms with Gasteiger partial charge in [-0.15, -0.1) is 10.2 Å². The minimum absolute atomic E-state index is 0.117. The highest BCUT2D eigenvalue weighted by atomic mass is 32.2. The number of thioether (sulfide) groups is 1. The van der Waals surface area contributed by atoms with Crippen molar-refractivity contribution >= 4 is 29.0 Å². The number of carbonyl (C=O) groups excluding carboxylic acids is 1. The molecule has 1 fully saturated rings. The van der Waals surface area contributed by atoms with E-state index >= 15 is 0 Å². The van der Waals surface area contributed by atoms with Gasteiger partial charge in [-0.25, -0.2) is 0 Å². The lowest BCUT2D eigenvalue weighted by Crippen LogP contribution is -2.15. The van der Waals surface area contributed by atoms with Crippen molar-refractivity contribution in [1.29, 1.82) is 0 Å². The molecule has 2 aromatic rings. The first-order valence-corrected chi connectivity index (χ1v) is 9.20. The van der Waals surface area contributed by atoms with Gasteiger partial charge in [-0.3, -0.25) is 14.9 Å². The summed E-state index contributed by atoms with van der Waals surface area (Å²) >= 11 is 1.29. The van der Waals surface area contributed by atoms with Gasteiger partial charge >= 0.3 is 0 Å². The third-order valence-corrected chi connectivity index (χ3v) is 4.97. The number of aromatic nitrogens is 3. The van der Waals surface area contributed by atoms with E-state index in [4.69, 9.17) is 4.74 Å². The summed E-state index contributed by atoms with van der Waals surface area (Å²) in [6, 6.07) is 4.06. The highest BCUT2D eigenvalue weighted by Crippen LogP contribution is 2.40. The van der Waals surface area contributed by atoms with E-state index in [2.05, 4.69) is 15.5 Å². The van der Waals surface area contributed by atoms with E-state index in [-0.39, 0.29) is 23.0 Å². The van der Waals surface area contributed by atoms with E-state index < -0.39 is 4.92 Å². The number of non-ortho nitro benzene ring substituents is 1. The molecule has 10 heteroatoms. The van der Waals surface area contributed by atoms with Gasteiger partial charge in [-0.1, -0.05) is 11.8 Å². The molecule has 0 saturated heterocycles. The summed E-state index contributed by atoms with van der Waals surface area (Å²) in [6.07, 6.45) is 2.27. The fraction of sp³-hybridized carbons (Fsp3) is 0.438. The molecule has 0 atom stereocenters. The molecule has 1 aliphatic rings. The molecule has 1 heterocycles. The minimum atomic E-state index is -0.521. The maximum Gasteiger partial charge on any atom is 0.271 e. The highest BCUT2D eigenvalue weighted by molar-refractivity contribution is 7.99. The third-order valence-electron chi connectivity index (χ3n) is 4.00. The van der Waals surface area contributed by atoms with Crippen molar-refractivity contribution in [3.8, 4) is 5.75 Å². The molecule has 0 aliphatic heterocycles. The van der Waals surface area contributed by atoms with Gasteiger partial charge in [0.25, 0.3) is 5.69 Å². The van der Waals surface area contributed by atoms with Crippen molar-refractivity contribution in [3.63, 3.8) is 0 Å². The molecule has 26 heavy (non-hydrogen) atoms. The normalized spacial score (nSPS) is 13.5. The van der Waals surface area contributed by atoms with Crippen LogP contribution in [0.2, 0.25) is 0 Å². The molecule has 138 valence electrons. The molecule has 0 radical (unpaired) electrons. The zero-order valence-electron chi connectivity index (χ0n) is 14.5. The van der Waals surface area contributed by atoms with E-state index in [0.717, 1.165) is 25.2 Å². The first kappa shape index (κ1) is 18.2. The van der Waals surface area contributed by atoms with Crippen molar-refractivity contribution in [1.82, 2.24) is 14.8 Å². The number of methoxy groups -OCH3 is 1. The van der Waals surface area contributed by atoms with Gasteiger partial charge < -0.3 is 14.6 Å². The topological polar surface area (TPSA) is 112 Å². The van der Waals surface area contributed by atoms with Gasteiger partial charge in [-0.05, 0) is 25.8 Å². The molecule has 0 spiro atoms. The van der Waals surface area contributed by atoms with Gasteiger partial charge in [0.2, 0.25) is 5.91 Å². The minimum Gasteiger partial charge on any atom is -0.495 e. The van der Waals surface area contributed by atoms with Crippen molar-refractivity contribution < 1.29 is 14.5 Å². The molecule has 0 unspecified atom stereocenters. The summed E-state index contributed by atoms with van der Waals surface area (Å²) in [6.45, 7) is 2.77. The number of ether oxygens (including phenoxy) is 1. The molecular formula is C16H19N5O4S. The molecule has 0 bridgehead atoms. The Morgan fingerprint density at radius 2 is 2.23 bits per heavy atom. The molecule has 1 saturated carbocycles. The number of amides is 1. The number of hydrogen-bond donors (Lipinski definition) is 1. The van der Waals surface area contributed by atoms with Crippen LogP contribution in [-0.2, 0) is 11.3 Å². The summed E-state index contributed by atoms with van der Waals surface area (Å²) < 4.78 is 7.18. The van der Waals surface area contributed by atoms with Gasteiger partial charge in [0, 0.05) is 24.6 Å². The SMILES string of the molecule is CCn1c(SCC(=O)Nc2cc([N+](=O)[O-])ccc2OC)nnc1C1CC1. The third kappa shape index (κ3) is 3.96. The van der Waals surface area contributed by atoms with Crippen molar-refractivity contribution in [2.45, 2.75) is 37.4 Å². The van der Waals surface area contributed by atoms with Gasteiger partial charge in [0.1, 0.15) is 11.6 Å². The van der Waals surface area contributed by atoms with Crippen LogP contribution < -0.4 is 10.1 Å².